The van der Waals surface area contributed by atoms with E-state index in [1.165, 1.54) is 0 Å². The molecule has 0 spiro atoms. The zero-order valence-corrected chi connectivity index (χ0v) is 10.6. The van der Waals surface area contributed by atoms with E-state index < -0.39 is 5.97 Å². The van der Waals surface area contributed by atoms with Gasteiger partial charge < -0.3 is 15.2 Å². The molecule has 3 atom stereocenters. The van der Waals surface area contributed by atoms with Gasteiger partial charge in [-0.05, 0) is 32.1 Å². The summed E-state index contributed by atoms with van der Waals surface area (Å²) in [6.45, 7) is 1.35. The average molecular weight is 255 g/mol. The molecule has 1 aliphatic heterocycles. The van der Waals surface area contributed by atoms with Gasteiger partial charge in [0.15, 0.2) is 0 Å². The Balaban J connectivity index is 1.75. The molecule has 1 aliphatic carbocycles. The van der Waals surface area contributed by atoms with Gasteiger partial charge in [-0.3, -0.25) is 9.59 Å². The predicted molar refractivity (Wildman–Crippen MR) is 65.1 cm³/mol. The van der Waals surface area contributed by atoms with Gasteiger partial charge in [0.25, 0.3) is 0 Å². The molecule has 1 amide bonds. The largest absolute Gasteiger partial charge is 0.481 e. The van der Waals surface area contributed by atoms with Crippen molar-refractivity contribution in [1.29, 1.82) is 0 Å². The Bertz CT molecular complexity index is 312. The molecule has 2 fully saturated rings. The molecule has 1 heterocycles. The summed E-state index contributed by atoms with van der Waals surface area (Å²) in [5.74, 6) is -1.26. The minimum absolute atomic E-state index is 0.00329. The summed E-state index contributed by atoms with van der Waals surface area (Å²) in [7, 11) is 0. The van der Waals surface area contributed by atoms with Gasteiger partial charge in [-0.15, -0.1) is 0 Å². The molecule has 5 nitrogen and oxygen atoms in total. The third-order valence-electron chi connectivity index (χ3n) is 3.92. The van der Waals surface area contributed by atoms with Crippen molar-refractivity contribution in [2.75, 3.05) is 13.2 Å². The molecule has 2 aliphatic rings. The number of hydrogen-bond acceptors (Lipinski definition) is 3. The van der Waals surface area contributed by atoms with E-state index in [-0.39, 0.29) is 23.8 Å². The van der Waals surface area contributed by atoms with Crippen LogP contribution in [0, 0.1) is 11.8 Å². The number of carbonyl (C=O) groups is 2. The van der Waals surface area contributed by atoms with E-state index in [4.69, 9.17) is 9.84 Å². The number of carbonyl (C=O) groups excluding carboxylic acids is 1. The van der Waals surface area contributed by atoms with E-state index >= 15 is 0 Å². The molecule has 0 radical (unpaired) electrons. The van der Waals surface area contributed by atoms with Crippen molar-refractivity contribution in [2.45, 2.75) is 44.6 Å². The maximum absolute atomic E-state index is 12.0. The SMILES string of the molecule is O=C(O)C1CCCC(C(=O)NCC2CCCO2)C1. The smallest absolute Gasteiger partial charge is 0.306 e. The van der Waals surface area contributed by atoms with Crippen LogP contribution in [0.15, 0.2) is 0 Å². The number of amides is 1. The summed E-state index contributed by atoms with van der Waals surface area (Å²) in [6, 6.07) is 0. The van der Waals surface area contributed by atoms with Gasteiger partial charge in [0, 0.05) is 19.1 Å². The minimum Gasteiger partial charge on any atom is -0.481 e. The normalized spacial score (nSPS) is 32.1. The van der Waals surface area contributed by atoms with Gasteiger partial charge >= 0.3 is 5.97 Å². The molecule has 102 valence electrons. The number of ether oxygens (including phenoxy) is 1. The lowest BCUT2D eigenvalue weighted by Crippen LogP contribution is -2.38. The summed E-state index contributed by atoms with van der Waals surface area (Å²) in [4.78, 5) is 22.9. The molecule has 1 saturated heterocycles. The fourth-order valence-electron chi connectivity index (χ4n) is 2.82. The van der Waals surface area contributed by atoms with Crippen LogP contribution < -0.4 is 5.32 Å². The Morgan fingerprint density at radius 2 is 1.94 bits per heavy atom. The van der Waals surface area contributed by atoms with Crippen LogP contribution in [0.2, 0.25) is 0 Å². The lowest BCUT2D eigenvalue weighted by Gasteiger charge is -2.26. The Hall–Kier alpha value is -1.10. The van der Waals surface area contributed by atoms with Crippen LogP contribution >= 0.6 is 0 Å². The van der Waals surface area contributed by atoms with Crippen molar-refractivity contribution in [1.82, 2.24) is 5.32 Å². The van der Waals surface area contributed by atoms with E-state index in [9.17, 15) is 9.59 Å². The van der Waals surface area contributed by atoms with Crippen molar-refractivity contribution in [3.05, 3.63) is 0 Å². The van der Waals surface area contributed by atoms with Crippen LogP contribution in [-0.2, 0) is 14.3 Å². The molecular formula is C13H21NO4. The van der Waals surface area contributed by atoms with E-state index in [1.807, 2.05) is 0 Å². The van der Waals surface area contributed by atoms with Gasteiger partial charge in [-0.25, -0.2) is 0 Å². The Morgan fingerprint density at radius 1 is 1.17 bits per heavy atom. The van der Waals surface area contributed by atoms with Crippen molar-refractivity contribution in [2.24, 2.45) is 11.8 Å². The van der Waals surface area contributed by atoms with Crippen LogP contribution in [0.4, 0.5) is 0 Å². The lowest BCUT2D eigenvalue weighted by atomic mass is 9.81. The first-order valence-corrected chi connectivity index (χ1v) is 6.79. The van der Waals surface area contributed by atoms with Gasteiger partial charge in [0.2, 0.25) is 5.91 Å². The summed E-state index contributed by atoms with van der Waals surface area (Å²) >= 11 is 0. The van der Waals surface area contributed by atoms with Crippen LogP contribution in [0.1, 0.15) is 38.5 Å². The molecular weight excluding hydrogens is 234 g/mol. The molecule has 2 N–H and O–H groups in total. The second-order valence-corrected chi connectivity index (χ2v) is 5.28. The summed E-state index contributed by atoms with van der Waals surface area (Å²) in [6.07, 6.45) is 5.02. The zero-order valence-electron chi connectivity index (χ0n) is 10.6. The minimum atomic E-state index is -0.772. The number of nitrogens with one attached hydrogen (secondary N) is 1. The molecule has 3 unspecified atom stereocenters. The van der Waals surface area contributed by atoms with Gasteiger partial charge in [0.05, 0.1) is 12.0 Å². The highest BCUT2D eigenvalue weighted by molar-refractivity contribution is 5.80. The first-order chi connectivity index (χ1) is 8.66. The molecule has 5 heteroatoms. The van der Waals surface area contributed by atoms with Gasteiger partial charge in [-0.2, -0.15) is 0 Å². The van der Waals surface area contributed by atoms with Crippen LogP contribution in [-0.4, -0.2) is 36.2 Å². The fraction of sp³-hybridized carbons (Fsp3) is 0.846. The molecule has 0 aromatic carbocycles. The number of aliphatic carboxylic acids is 1. The Labute approximate surface area is 107 Å². The second kappa shape index (κ2) is 6.18. The third kappa shape index (κ3) is 3.45. The summed E-state index contributed by atoms with van der Waals surface area (Å²) < 4.78 is 5.44. The quantitative estimate of drug-likeness (QED) is 0.790. The van der Waals surface area contributed by atoms with Crippen LogP contribution in [0.25, 0.3) is 0 Å². The first kappa shape index (κ1) is 13.3. The van der Waals surface area contributed by atoms with Crippen molar-refractivity contribution in [3.8, 4) is 0 Å². The van der Waals surface area contributed by atoms with Crippen molar-refractivity contribution in [3.63, 3.8) is 0 Å². The van der Waals surface area contributed by atoms with Crippen LogP contribution in [0.5, 0.6) is 0 Å². The standard InChI is InChI=1S/C13H21NO4/c15-12(14-8-11-5-2-6-18-11)9-3-1-4-10(7-9)13(16)17/h9-11H,1-8H2,(H,14,15)(H,16,17). The Kier molecular flexibility index (Phi) is 4.58. The fourth-order valence-corrected chi connectivity index (χ4v) is 2.82. The average Bonchev–Trinajstić information content (AvgIpc) is 2.89. The molecule has 2 rings (SSSR count). The molecule has 18 heavy (non-hydrogen) atoms. The number of carboxylic acids is 1. The van der Waals surface area contributed by atoms with E-state index in [2.05, 4.69) is 5.32 Å². The van der Waals surface area contributed by atoms with Gasteiger partial charge in [0.1, 0.15) is 0 Å². The van der Waals surface area contributed by atoms with E-state index in [1.54, 1.807) is 0 Å². The Morgan fingerprint density at radius 3 is 2.61 bits per heavy atom. The van der Waals surface area contributed by atoms with Crippen LogP contribution in [0.3, 0.4) is 0 Å². The first-order valence-electron chi connectivity index (χ1n) is 6.79. The maximum Gasteiger partial charge on any atom is 0.306 e. The molecule has 1 saturated carbocycles. The topological polar surface area (TPSA) is 75.6 Å². The number of hydrogen-bond donors (Lipinski definition) is 2. The highest BCUT2D eigenvalue weighted by Gasteiger charge is 2.31. The van der Waals surface area contributed by atoms with Crippen molar-refractivity contribution >= 4 is 11.9 Å². The highest BCUT2D eigenvalue weighted by Crippen LogP contribution is 2.29. The van der Waals surface area contributed by atoms with Crippen molar-refractivity contribution < 1.29 is 19.4 Å². The van der Waals surface area contributed by atoms with E-state index in [0.717, 1.165) is 32.3 Å². The van der Waals surface area contributed by atoms with E-state index in [0.29, 0.717) is 19.4 Å². The molecule has 0 aromatic rings. The summed E-state index contributed by atoms with van der Waals surface area (Å²) in [5.41, 5.74) is 0. The monoisotopic (exact) mass is 255 g/mol. The maximum atomic E-state index is 12.0. The predicted octanol–water partition coefficient (Wildman–Crippen LogP) is 1.17. The molecule has 0 aromatic heterocycles. The second-order valence-electron chi connectivity index (χ2n) is 5.28. The zero-order chi connectivity index (χ0) is 13.0. The van der Waals surface area contributed by atoms with Gasteiger partial charge in [-0.1, -0.05) is 6.42 Å². The number of rotatable bonds is 4. The third-order valence-corrected chi connectivity index (χ3v) is 3.92. The molecule has 0 bridgehead atoms. The highest BCUT2D eigenvalue weighted by atomic mass is 16.5. The lowest BCUT2D eigenvalue weighted by molar-refractivity contribution is -0.144. The number of carboxylic acid groups (broad SMARTS) is 1. The summed E-state index contributed by atoms with van der Waals surface area (Å²) in [5, 5.41) is 11.9.